The van der Waals surface area contributed by atoms with Gasteiger partial charge in [-0.15, -0.1) is 21.5 Å². The minimum atomic E-state index is -3.05. The fourth-order valence-corrected chi connectivity index (χ4v) is 4.06. The van der Waals surface area contributed by atoms with Crippen molar-refractivity contribution in [1.29, 1.82) is 0 Å². The average molecular weight is 278 g/mol. The van der Waals surface area contributed by atoms with E-state index in [9.17, 15) is 4.57 Å². The van der Waals surface area contributed by atoms with Crippen molar-refractivity contribution in [2.24, 2.45) is 0 Å². The molecule has 7 heteroatoms. The average Bonchev–Trinajstić information content (AvgIpc) is 2.66. The maximum atomic E-state index is 12.3. The fraction of sp³-hybridized carbons (Fsp3) is 0.800. The van der Waals surface area contributed by atoms with Crippen LogP contribution in [-0.4, -0.2) is 23.4 Å². The molecule has 0 bridgehead atoms. The molecule has 1 aromatic rings. The van der Waals surface area contributed by atoms with Crippen LogP contribution >= 0.6 is 18.9 Å². The summed E-state index contributed by atoms with van der Waals surface area (Å²) in [6.45, 7) is 8.43. The predicted molar refractivity (Wildman–Crippen MR) is 68.6 cm³/mol. The zero-order valence-electron chi connectivity index (χ0n) is 10.7. The normalized spacial score (nSPS) is 12.3. The van der Waals surface area contributed by atoms with E-state index in [2.05, 4.69) is 24.0 Å². The molecule has 98 valence electrons. The molecule has 1 rings (SSSR count). The van der Waals surface area contributed by atoms with Crippen LogP contribution in [0, 0.1) is 0 Å². The Hall–Kier alpha value is -0.290. The highest BCUT2D eigenvalue weighted by Crippen LogP contribution is 2.51. The molecule has 0 aliphatic carbocycles. The van der Waals surface area contributed by atoms with Gasteiger partial charge in [0.2, 0.25) is 0 Å². The van der Waals surface area contributed by atoms with Gasteiger partial charge in [0.05, 0.1) is 13.2 Å². The highest BCUT2D eigenvalue weighted by atomic mass is 32.1. The second-order valence-electron chi connectivity index (χ2n) is 3.79. The Balaban J connectivity index is 2.75. The molecule has 1 heterocycles. The van der Waals surface area contributed by atoms with E-state index in [1.165, 1.54) is 11.3 Å². The predicted octanol–water partition coefficient (Wildman–Crippen LogP) is 3.43. The molecule has 0 aliphatic rings. The number of aromatic nitrogens is 2. The monoisotopic (exact) mass is 278 g/mol. The molecule has 0 aromatic carbocycles. The maximum Gasteiger partial charge on any atom is 0.337 e. The van der Waals surface area contributed by atoms with Gasteiger partial charge in [-0.25, -0.2) is 0 Å². The molecule has 0 N–H and O–H groups in total. The van der Waals surface area contributed by atoms with Crippen LogP contribution in [0.1, 0.15) is 43.6 Å². The molecule has 0 atom stereocenters. The molecule has 0 amide bonds. The van der Waals surface area contributed by atoms with Crippen molar-refractivity contribution in [3.05, 3.63) is 10.0 Å². The van der Waals surface area contributed by atoms with Crippen molar-refractivity contribution in [2.45, 2.75) is 39.8 Å². The first kappa shape index (κ1) is 14.8. The smallest absolute Gasteiger partial charge is 0.309 e. The Morgan fingerprint density at radius 3 is 2.24 bits per heavy atom. The minimum Gasteiger partial charge on any atom is -0.309 e. The van der Waals surface area contributed by atoms with Crippen molar-refractivity contribution in [3.63, 3.8) is 0 Å². The van der Waals surface area contributed by atoms with E-state index in [0.717, 1.165) is 5.01 Å². The van der Waals surface area contributed by atoms with E-state index in [4.69, 9.17) is 9.05 Å². The highest BCUT2D eigenvalue weighted by molar-refractivity contribution is 7.53. The summed E-state index contributed by atoms with van der Waals surface area (Å²) >= 11 is 1.47. The molecule has 0 aliphatic heterocycles. The summed E-state index contributed by atoms with van der Waals surface area (Å²) in [6, 6.07) is 0. The Bertz CT molecular complexity index is 385. The van der Waals surface area contributed by atoms with Crippen LogP contribution in [0.3, 0.4) is 0 Å². The van der Waals surface area contributed by atoms with Crippen LogP contribution in [0.5, 0.6) is 0 Å². The summed E-state index contributed by atoms with van der Waals surface area (Å²) in [5, 5.41) is 9.73. The third-order valence-corrected chi connectivity index (χ3v) is 5.38. The zero-order valence-corrected chi connectivity index (χ0v) is 12.4. The van der Waals surface area contributed by atoms with Crippen LogP contribution in [0.2, 0.25) is 0 Å². The molecule has 0 radical (unpaired) electrons. The summed E-state index contributed by atoms with van der Waals surface area (Å²) in [5.41, 5.74) is 0. The third-order valence-electron chi connectivity index (χ3n) is 1.96. The topological polar surface area (TPSA) is 61.3 Å². The van der Waals surface area contributed by atoms with Crippen LogP contribution in [0.15, 0.2) is 0 Å². The molecule has 0 unspecified atom stereocenters. The zero-order chi connectivity index (χ0) is 12.9. The van der Waals surface area contributed by atoms with Crippen LogP contribution in [0.4, 0.5) is 0 Å². The van der Waals surface area contributed by atoms with Gasteiger partial charge in [0.15, 0.2) is 0 Å². The first-order valence-corrected chi connectivity index (χ1v) is 8.25. The largest absolute Gasteiger partial charge is 0.337 e. The first-order chi connectivity index (χ1) is 8.00. The molecule has 0 saturated heterocycles. The van der Waals surface area contributed by atoms with E-state index in [-0.39, 0.29) is 6.16 Å². The van der Waals surface area contributed by atoms with Gasteiger partial charge < -0.3 is 9.05 Å². The SMILES string of the molecule is CCOP(=O)(Cc1nnc(C(C)C)s1)OCC. The number of rotatable bonds is 7. The van der Waals surface area contributed by atoms with Gasteiger partial charge >= 0.3 is 7.60 Å². The van der Waals surface area contributed by atoms with E-state index >= 15 is 0 Å². The summed E-state index contributed by atoms with van der Waals surface area (Å²) in [6.07, 6.45) is 0.207. The lowest BCUT2D eigenvalue weighted by Crippen LogP contribution is -1.98. The van der Waals surface area contributed by atoms with Crippen molar-refractivity contribution < 1.29 is 13.6 Å². The molecule has 5 nitrogen and oxygen atoms in total. The second kappa shape index (κ2) is 6.59. The Labute approximate surface area is 106 Å². The van der Waals surface area contributed by atoms with Crippen molar-refractivity contribution in [2.75, 3.05) is 13.2 Å². The van der Waals surface area contributed by atoms with Gasteiger partial charge in [0, 0.05) is 5.92 Å². The van der Waals surface area contributed by atoms with Crippen LogP contribution in [0.25, 0.3) is 0 Å². The van der Waals surface area contributed by atoms with Gasteiger partial charge in [-0.1, -0.05) is 13.8 Å². The summed E-state index contributed by atoms with van der Waals surface area (Å²) in [5.74, 6) is 0.333. The lowest BCUT2D eigenvalue weighted by molar-refractivity contribution is 0.219. The van der Waals surface area contributed by atoms with E-state index in [1.807, 2.05) is 0 Å². The molecule has 0 spiro atoms. The Morgan fingerprint density at radius 1 is 1.24 bits per heavy atom. The summed E-state index contributed by atoms with van der Waals surface area (Å²) < 4.78 is 22.7. The minimum absolute atomic E-state index is 0.207. The maximum absolute atomic E-state index is 12.3. The number of hydrogen-bond acceptors (Lipinski definition) is 6. The highest BCUT2D eigenvalue weighted by Gasteiger charge is 2.26. The Kier molecular flexibility index (Phi) is 5.73. The van der Waals surface area contributed by atoms with Gasteiger partial charge in [-0.05, 0) is 13.8 Å². The molecule has 0 fully saturated rings. The lowest BCUT2D eigenvalue weighted by atomic mass is 10.2. The van der Waals surface area contributed by atoms with Gasteiger partial charge in [-0.3, -0.25) is 4.57 Å². The molecule has 0 saturated carbocycles. The fourth-order valence-electron chi connectivity index (χ4n) is 1.25. The van der Waals surface area contributed by atoms with Crippen molar-refractivity contribution in [1.82, 2.24) is 10.2 Å². The first-order valence-electron chi connectivity index (χ1n) is 5.71. The van der Waals surface area contributed by atoms with Gasteiger partial charge in [0.25, 0.3) is 0 Å². The molecule has 17 heavy (non-hydrogen) atoms. The standard InChI is InChI=1S/C10H19N2O3PS/c1-5-14-16(13,15-6-2)7-9-11-12-10(17-9)8(3)4/h8H,5-7H2,1-4H3. The van der Waals surface area contributed by atoms with Crippen LogP contribution in [-0.2, 0) is 19.8 Å². The summed E-state index contributed by atoms with van der Waals surface area (Å²) in [4.78, 5) is 0. The molecule has 1 aromatic heterocycles. The van der Waals surface area contributed by atoms with Gasteiger partial charge in [0.1, 0.15) is 16.2 Å². The molecular weight excluding hydrogens is 259 g/mol. The van der Waals surface area contributed by atoms with Crippen molar-refractivity contribution >= 4 is 18.9 Å². The quantitative estimate of drug-likeness (QED) is 0.715. The number of nitrogens with zero attached hydrogens (tertiary/aromatic N) is 2. The lowest BCUT2D eigenvalue weighted by Gasteiger charge is -2.15. The molecular formula is C10H19N2O3PS. The third kappa shape index (κ3) is 4.47. The second-order valence-corrected chi connectivity index (χ2v) is 6.94. The summed E-state index contributed by atoms with van der Waals surface area (Å²) in [7, 11) is -3.05. The number of hydrogen-bond donors (Lipinski definition) is 0. The Morgan fingerprint density at radius 2 is 1.82 bits per heavy atom. The van der Waals surface area contributed by atoms with E-state index in [0.29, 0.717) is 24.1 Å². The van der Waals surface area contributed by atoms with E-state index < -0.39 is 7.60 Å². The van der Waals surface area contributed by atoms with Crippen LogP contribution < -0.4 is 0 Å². The van der Waals surface area contributed by atoms with Gasteiger partial charge in [-0.2, -0.15) is 0 Å². The van der Waals surface area contributed by atoms with Crippen molar-refractivity contribution in [3.8, 4) is 0 Å². The van der Waals surface area contributed by atoms with E-state index in [1.54, 1.807) is 13.8 Å².